The summed E-state index contributed by atoms with van der Waals surface area (Å²) in [5.41, 5.74) is 53.3. The van der Waals surface area contributed by atoms with Crippen LogP contribution in [0.15, 0.2) is 215 Å². The number of benzene rings is 5. The van der Waals surface area contributed by atoms with E-state index in [4.69, 9.17) is 36.9 Å². The van der Waals surface area contributed by atoms with Gasteiger partial charge in [0.05, 0.1) is 11.1 Å². The van der Waals surface area contributed by atoms with Crippen molar-refractivity contribution in [3.63, 3.8) is 0 Å². The number of fused-ring (bicyclic) bond motifs is 4. The molecule has 0 amide bonds. The second-order valence-corrected chi connectivity index (χ2v) is 28.0. The molecule has 4 aliphatic rings. The van der Waals surface area contributed by atoms with Gasteiger partial charge >= 0.3 is 373 Å². The van der Waals surface area contributed by atoms with Crippen LogP contribution in [0.3, 0.4) is 0 Å². The normalized spacial score (nSPS) is 24.0. The molecule has 0 saturated heterocycles. The Hall–Kier alpha value is -6.90. The summed E-state index contributed by atoms with van der Waals surface area (Å²) in [6, 6.07) is 43.6. The number of aryl methyl sites for hydroxylation is 5. The summed E-state index contributed by atoms with van der Waals surface area (Å²) < 4.78 is 16.9. The third-order valence-electron chi connectivity index (χ3n) is 17.0. The van der Waals surface area contributed by atoms with E-state index in [1.165, 1.54) is 50.1 Å². The number of alkyl halides is 3. The maximum absolute atomic E-state index is 8.83. The molecule has 472 valence electrons. The van der Waals surface area contributed by atoms with Gasteiger partial charge in [-0.2, -0.15) is 0 Å². The van der Waals surface area contributed by atoms with E-state index in [0.717, 1.165) is 68.6 Å². The van der Waals surface area contributed by atoms with E-state index in [2.05, 4.69) is 164 Å². The van der Waals surface area contributed by atoms with Gasteiger partial charge in [0.25, 0.3) is 0 Å². The molecule has 4 unspecified atom stereocenters. The van der Waals surface area contributed by atoms with Crippen LogP contribution in [0.5, 0.6) is 0 Å². The Balaban J connectivity index is 0.000000203. The van der Waals surface area contributed by atoms with Gasteiger partial charge in [0.2, 0.25) is 0 Å². The number of hydrogen-bond acceptors (Lipinski definition) is 8. The van der Waals surface area contributed by atoms with Gasteiger partial charge in [-0.3, -0.25) is 0 Å². The molecule has 0 bridgehead atoms. The van der Waals surface area contributed by atoms with Crippen LogP contribution in [0.4, 0.5) is 0 Å². The van der Waals surface area contributed by atoms with Crippen LogP contribution in [-0.4, -0.2) is 49.1 Å². The van der Waals surface area contributed by atoms with E-state index in [9.17, 15) is 0 Å². The van der Waals surface area contributed by atoms with Crippen molar-refractivity contribution in [2.24, 2.45) is 25.6 Å². The molecule has 4 aliphatic carbocycles. The summed E-state index contributed by atoms with van der Waals surface area (Å²) in [7, 11) is 1.73. The molecule has 21 heteroatoms. The molecule has 0 aromatic heterocycles. The summed E-state index contributed by atoms with van der Waals surface area (Å²) in [5, 5.41) is 20.0. The number of allylic oxidation sites excluding steroid dienone is 1. The van der Waals surface area contributed by atoms with Gasteiger partial charge in [-0.15, -0.1) is 13.2 Å². The zero-order valence-corrected chi connectivity index (χ0v) is 58.8. The number of rotatable bonds is 20. The molecule has 9 atom stereocenters. The van der Waals surface area contributed by atoms with E-state index < -0.39 is 16.6 Å². The Labute approximate surface area is 558 Å². The number of nitrogens with zero attached hydrogens (tertiary/aromatic N) is 15. The fourth-order valence-electron chi connectivity index (χ4n) is 12.0. The van der Waals surface area contributed by atoms with Gasteiger partial charge in [0, 0.05) is 21.7 Å². The van der Waals surface area contributed by atoms with E-state index in [1.54, 1.807) is 19.6 Å². The third kappa shape index (κ3) is 20.8. The number of azide groups is 5. The van der Waals surface area contributed by atoms with E-state index in [1.807, 2.05) is 107 Å². The molecule has 89 heavy (non-hydrogen) atoms. The average Bonchev–Trinajstić information content (AvgIpc) is 1.47. The first kappa shape index (κ1) is 72.8. The Morgan fingerprint density at radius 1 is 0.517 bits per heavy atom. The molecule has 0 N–H and O–H groups in total. The summed E-state index contributed by atoms with van der Waals surface area (Å²) in [6.45, 7) is 17.8. The predicted molar refractivity (Wildman–Crippen MR) is 346 cm³/mol. The monoisotopic (exact) mass is 1540 g/mol. The van der Waals surface area contributed by atoms with Crippen molar-refractivity contribution in [2.45, 2.75) is 150 Å². The molecular formula is C68H83I3N15O3-3. The molecular weight excluding hydrogens is 1460 g/mol. The van der Waals surface area contributed by atoms with Crippen LogP contribution in [0, 0.1) is 0 Å². The van der Waals surface area contributed by atoms with Crippen molar-refractivity contribution < 1.29 is 74.1 Å². The molecule has 18 nitrogen and oxygen atoms in total. The number of halogens is 3. The minimum absolute atomic E-state index is 0.0870. The third-order valence-corrected chi connectivity index (χ3v) is 20.1. The van der Waals surface area contributed by atoms with Crippen LogP contribution >= 0.6 is 0 Å². The van der Waals surface area contributed by atoms with Gasteiger partial charge in [0.15, 0.2) is 0 Å². The van der Waals surface area contributed by atoms with Crippen molar-refractivity contribution in [3.05, 3.63) is 292 Å². The second-order valence-electron chi connectivity index (χ2n) is 22.9. The maximum atomic E-state index is 8.83. The average molecular weight is 1540 g/mol. The molecule has 0 radical (unpaired) electrons. The zero-order chi connectivity index (χ0) is 64.6. The Morgan fingerprint density at radius 2 is 0.854 bits per heavy atom. The fraction of sp³-hybridized carbons (Fsp3) is 0.412. The second kappa shape index (κ2) is 37.3. The quantitative estimate of drug-likeness (QED) is 0.0108. The summed E-state index contributed by atoms with van der Waals surface area (Å²) >= 11 is -0.652. The molecule has 0 spiro atoms. The SMILES string of the molecule is C=C[C@@H]1c2ccccc2CC[C@@]1(C)N=[N+]=[N-].C=C[C@H]1c2ccccc2CC[C@@]1(C)N=[N+]=[N-].CO[I-]C/C=C/[C@@](C)(CCc1ccccc1)N=[N+]=[N-].C[I-]OC=CC1c2ccccc2CCC1(C)N=[N+]=[N-].C[I-]OC=CC1c2ccccc2CCC1(C)N=[N+]=[N-]. The van der Waals surface area contributed by atoms with E-state index in [0.29, 0.717) is 0 Å². The Bertz CT molecular complexity index is 3280. The van der Waals surface area contributed by atoms with Crippen LogP contribution in [-0.2, 0) is 41.3 Å². The first-order valence-corrected chi connectivity index (χ1v) is 37.9. The summed E-state index contributed by atoms with van der Waals surface area (Å²) in [4.78, 5) is 19.1. The standard InChI is InChI=1S/2C14H17IN3O.C14H19IN3O.2C13H15N3/c2*1-14(17-18-16)9-7-11-5-3-4-6-12(11)13(14)8-10-19-15-2;1-14(17-18-16,10-6-12-15-19-2)11-9-13-7-4-3-5-8-13;2*1-3-12-11-7-5-4-6-10(11)8-9-13(12,2)15-16-14/h2*3-6,8,10,13H,7,9H2,1-2H3;3-8,10H,9,11-12H2,1-2H3;2*3-7,12H,1,8-9H2,2H3/q3*-1;;/b;;10-6+;;/t;;14-;12-,13+;12-,13-/m..001/s1. The Morgan fingerprint density at radius 3 is 1.18 bits per heavy atom. The van der Waals surface area contributed by atoms with Gasteiger partial charge in [-0.25, -0.2) is 0 Å². The summed E-state index contributed by atoms with van der Waals surface area (Å²) in [6.07, 6.45) is 24.5. The van der Waals surface area contributed by atoms with Crippen LogP contribution < -0.4 is 64.9 Å². The van der Waals surface area contributed by atoms with Crippen molar-refractivity contribution in [1.29, 1.82) is 0 Å². The molecule has 0 aliphatic heterocycles. The van der Waals surface area contributed by atoms with Crippen molar-refractivity contribution >= 4 is 0 Å². The number of hydrogen-bond donors (Lipinski definition) is 0. The van der Waals surface area contributed by atoms with Crippen LogP contribution in [0.1, 0.15) is 140 Å². The van der Waals surface area contributed by atoms with Crippen molar-refractivity contribution in [3.8, 4) is 0 Å². The Kier molecular flexibility index (Phi) is 30.5. The molecule has 0 saturated carbocycles. The summed E-state index contributed by atoms with van der Waals surface area (Å²) in [5.74, 6) is 0.412. The molecule has 0 heterocycles. The van der Waals surface area contributed by atoms with E-state index in [-0.39, 0.29) is 99.6 Å². The fourth-order valence-corrected chi connectivity index (χ4v) is 13.8. The zero-order valence-electron chi connectivity index (χ0n) is 52.3. The van der Waals surface area contributed by atoms with Gasteiger partial charge in [-0.1, -0.05) is 84.8 Å². The topological polar surface area (TPSA) is 271 Å². The van der Waals surface area contributed by atoms with Gasteiger partial charge < -0.3 is 0 Å². The van der Waals surface area contributed by atoms with E-state index >= 15 is 0 Å². The van der Waals surface area contributed by atoms with Crippen molar-refractivity contribution in [1.82, 2.24) is 0 Å². The minimum atomic E-state index is -0.456. The molecule has 5 aromatic carbocycles. The molecule has 9 rings (SSSR count). The van der Waals surface area contributed by atoms with Crippen LogP contribution in [0.25, 0.3) is 52.2 Å². The van der Waals surface area contributed by atoms with Gasteiger partial charge in [-0.05, 0) is 59.0 Å². The predicted octanol–water partition coefficient (Wildman–Crippen LogP) is 10.7. The van der Waals surface area contributed by atoms with Crippen molar-refractivity contribution in [2.75, 3.05) is 21.4 Å². The van der Waals surface area contributed by atoms with Crippen LogP contribution in [0.2, 0.25) is 0 Å². The first-order chi connectivity index (χ1) is 43.0. The molecule has 5 aromatic rings. The first-order valence-electron chi connectivity index (χ1n) is 29.4. The van der Waals surface area contributed by atoms with Gasteiger partial charge in [0.1, 0.15) is 0 Å². The molecule has 0 fully saturated rings.